The number of amides is 4. The van der Waals surface area contributed by atoms with E-state index in [2.05, 4.69) is 0 Å². The average molecular weight is 468 g/mol. The van der Waals surface area contributed by atoms with Gasteiger partial charge in [-0.05, 0) is 35.7 Å². The molecule has 1 saturated heterocycles. The third kappa shape index (κ3) is 4.08. The van der Waals surface area contributed by atoms with Crippen LogP contribution in [0.1, 0.15) is 46.6 Å². The molecule has 2 N–H and O–H groups in total. The largest absolute Gasteiger partial charge is 0.349 e. The van der Waals surface area contributed by atoms with Crippen molar-refractivity contribution in [2.45, 2.75) is 37.8 Å². The van der Waals surface area contributed by atoms with Gasteiger partial charge in [0.1, 0.15) is 6.02 Å². The fraction of sp³-hybridized carbons (Fsp3) is 0.273. The molecule has 7 nitrogen and oxygen atoms in total. The molecule has 0 radical (unpaired) electrons. The highest BCUT2D eigenvalue weighted by Crippen LogP contribution is 2.30. The molecule has 4 rings (SSSR count). The number of carbonyl (C=O) groups is 4. The number of alkyl halides is 2. The molecule has 1 fully saturated rings. The molecule has 32 heavy (non-hydrogen) atoms. The van der Waals surface area contributed by atoms with E-state index < -0.39 is 67.0 Å². The van der Waals surface area contributed by atoms with Crippen molar-refractivity contribution >= 4 is 35.2 Å². The number of hydrogen-bond acceptors (Lipinski definition) is 4. The van der Waals surface area contributed by atoms with Crippen molar-refractivity contribution in [2.75, 3.05) is 0 Å². The molecule has 2 aliphatic rings. The lowest BCUT2D eigenvalue weighted by Crippen LogP contribution is -2.52. The van der Waals surface area contributed by atoms with E-state index in [1.807, 2.05) is 0 Å². The third-order valence-electron chi connectivity index (χ3n) is 4.86. The predicted octanol–water partition coefficient (Wildman–Crippen LogP) is 2.51. The van der Waals surface area contributed by atoms with Crippen LogP contribution in [0.3, 0.4) is 0 Å². The summed E-state index contributed by atoms with van der Waals surface area (Å²) >= 11 is 5.69. The molecule has 2 aromatic carbocycles. The van der Waals surface area contributed by atoms with Crippen LogP contribution in [-0.4, -0.2) is 34.5 Å². The molecule has 0 aliphatic carbocycles. The summed E-state index contributed by atoms with van der Waals surface area (Å²) in [4.78, 5) is 50.3. The first-order chi connectivity index (χ1) is 17.5. The maximum absolute atomic E-state index is 14.7. The molecule has 166 valence electrons. The van der Waals surface area contributed by atoms with E-state index in [0.29, 0.717) is 4.90 Å². The number of nitrogens with zero attached hydrogens (tertiary/aromatic N) is 1. The average Bonchev–Trinajstić information content (AvgIpc) is 3.17. The fourth-order valence-electron chi connectivity index (χ4n) is 3.25. The van der Waals surface area contributed by atoms with E-state index in [0.717, 1.165) is 12.1 Å². The molecule has 1 atom stereocenters. The summed E-state index contributed by atoms with van der Waals surface area (Å²) < 4.78 is 77.5. The topological polar surface area (TPSA) is 95.6 Å². The van der Waals surface area contributed by atoms with Crippen molar-refractivity contribution in [1.29, 1.82) is 0 Å². The first-order valence-corrected chi connectivity index (χ1v) is 9.58. The molecule has 2 heterocycles. The van der Waals surface area contributed by atoms with Gasteiger partial charge in [-0.15, -0.1) is 0 Å². The maximum atomic E-state index is 14.7. The van der Waals surface area contributed by atoms with Gasteiger partial charge >= 0.3 is 5.92 Å². The number of carbonyl (C=O) groups excluding carboxylic acids is 4. The SMILES string of the molecule is [2H]N(Cc1ccc2c(c1)CN([C@@]1([2H])C(=O)NC(=O)C([2H])([2H])C1([2H])[2H])C2=O)C(=O)C(F)(F)c1ccc(Cl)cc1. The highest BCUT2D eigenvalue weighted by molar-refractivity contribution is 6.30. The van der Waals surface area contributed by atoms with Crippen LogP contribution < -0.4 is 10.6 Å². The van der Waals surface area contributed by atoms with E-state index in [4.69, 9.17) is 19.9 Å². The summed E-state index contributed by atoms with van der Waals surface area (Å²) in [6, 6.07) is 4.80. The van der Waals surface area contributed by atoms with Gasteiger partial charge in [-0.2, -0.15) is 8.78 Å². The summed E-state index contributed by atoms with van der Waals surface area (Å²) in [5.41, 5.74) is -0.506. The summed E-state index contributed by atoms with van der Waals surface area (Å²) in [6.07, 6.45) is -6.78. The van der Waals surface area contributed by atoms with Crippen LogP contribution in [0, 0.1) is 0 Å². The summed E-state index contributed by atoms with van der Waals surface area (Å²) in [6.45, 7) is -1.19. The second kappa shape index (κ2) is 8.31. The zero-order chi connectivity index (χ0) is 28.4. The van der Waals surface area contributed by atoms with Gasteiger partial charge in [0.2, 0.25) is 11.8 Å². The summed E-state index contributed by atoms with van der Waals surface area (Å²) in [7, 11) is 0. The molecular formula is C22H18ClF2N3O4. The number of piperidine rings is 1. The van der Waals surface area contributed by atoms with Gasteiger partial charge in [0.25, 0.3) is 11.8 Å². The van der Waals surface area contributed by atoms with Gasteiger partial charge in [-0.1, -0.05) is 35.9 Å². The highest BCUT2D eigenvalue weighted by Gasteiger charge is 2.41. The second-order valence-electron chi connectivity index (χ2n) is 6.97. The maximum Gasteiger partial charge on any atom is 0.349 e. The van der Waals surface area contributed by atoms with Gasteiger partial charge < -0.3 is 10.2 Å². The number of nitrogens with one attached hydrogen (secondary N) is 2. The quantitative estimate of drug-likeness (QED) is 0.660. The van der Waals surface area contributed by atoms with E-state index in [1.165, 1.54) is 30.3 Å². The Morgan fingerprint density at radius 2 is 2.00 bits per heavy atom. The molecule has 0 aromatic heterocycles. The zero-order valence-electron chi connectivity index (χ0n) is 22.1. The Morgan fingerprint density at radius 1 is 1.28 bits per heavy atom. The van der Waals surface area contributed by atoms with Crippen LogP contribution in [0.5, 0.6) is 0 Å². The van der Waals surface area contributed by atoms with Crippen molar-refractivity contribution in [3.05, 3.63) is 69.7 Å². The van der Waals surface area contributed by atoms with Crippen molar-refractivity contribution in [3.8, 4) is 0 Å². The number of hydrogen-bond donors (Lipinski definition) is 2. The lowest BCUT2D eigenvalue weighted by molar-refractivity contribution is -0.147. The van der Waals surface area contributed by atoms with Gasteiger partial charge in [-0.3, -0.25) is 24.5 Å². The van der Waals surface area contributed by atoms with Gasteiger partial charge in [0, 0.05) is 41.1 Å². The molecule has 10 heteroatoms. The van der Waals surface area contributed by atoms with Crippen LogP contribution in [0.4, 0.5) is 8.78 Å². The van der Waals surface area contributed by atoms with E-state index in [1.54, 1.807) is 5.32 Å². The molecular weight excluding hydrogens is 444 g/mol. The predicted molar refractivity (Wildman–Crippen MR) is 110 cm³/mol. The van der Waals surface area contributed by atoms with Crippen LogP contribution in [0.2, 0.25) is 6.43 Å². The van der Waals surface area contributed by atoms with Crippen LogP contribution in [0.15, 0.2) is 42.5 Å². The molecule has 0 unspecified atom stereocenters. The summed E-state index contributed by atoms with van der Waals surface area (Å²) in [5.74, 6) is -9.99. The number of fused-ring (bicyclic) bond motifs is 1. The lowest BCUT2D eigenvalue weighted by Gasteiger charge is -2.29. The van der Waals surface area contributed by atoms with Crippen molar-refractivity contribution in [3.63, 3.8) is 0 Å². The van der Waals surface area contributed by atoms with E-state index >= 15 is 0 Å². The Kier molecular flexibility index (Phi) is 4.02. The highest BCUT2D eigenvalue weighted by atomic mass is 35.5. The minimum Gasteiger partial charge on any atom is -0.346 e. The van der Waals surface area contributed by atoms with Crippen molar-refractivity contribution in [2.24, 2.45) is 0 Å². The molecule has 4 amide bonds. The molecule has 0 spiro atoms. The Hall–Kier alpha value is -3.33. The monoisotopic (exact) mass is 467 g/mol. The molecule has 2 aromatic rings. The Labute approximate surface area is 195 Å². The van der Waals surface area contributed by atoms with E-state index in [-0.39, 0.29) is 27.0 Å². The lowest BCUT2D eigenvalue weighted by atomic mass is 10.0. The first kappa shape index (κ1) is 15.5. The van der Waals surface area contributed by atoms with Crippen LogP contribution >= 0.6 is 11.6 Å². The molecule has 0 bridgehead atoms. The van der Waals surface area contributed by atoms with E-state index in [9.17, 15) is 28.0 Å². The second-order valence-corrected chi connectivity index (χ2v) is 7.40. The van der Waals surface area contributed by atoms with Gasteiger partial charge in [-0.25, -0.2) is 0 Å². The Balaban J connectivity index is 1.58. The summed E-state index contributed by atoms with van der Waals surface area (Å²) in [5, 5.41) is 1.81. The smallest absolute Gasteiger partial charge is 0.346 e. The zero-order valence-corrected chi connectivity index (χ0v) is 16.9. The Bertz CT molecular complexity index is 1380. The third-order valence-corrected chi connectivity index (χ3v) is 5.11. The number of imide groups is 1. The van der Waals surface area contributed by atoms with Crippen LogP contribution in [-0.2, 0) is 33.4 Å². The normalized spacial score (nSPS) is 26.6. The van der Waals surface area contributed by atoms with Crippen molar-refractivity contribution < 1.29 is 36.2 Å². The standard InChI is InChI=1S/C22H18ClF2N3O4/c23-15-4-2-14(3-5-15)22(24,25)21(32)26-10-12-1-6-16-13(9-12)11-28(20(16)31)17-7-8-18(29)27-19(17)30/h1-6,9,17H,7-8,10-11H2,(H,26,32)(H,27,29,30)/t17-/m1/s1/i7D2,8D2,17D/hD. The van der Waals surface area contributed by atoms with Crippen LogP contribution in [0.25, 0.3) is 0 Å². The minimum absolute atomic E-state index is 0.0320. The van der Waals surface area contributed by atoms with Gasteiger partial charge in [0.05, 0.1) is 1.37 Å². The molecule has 0 saturated carbocycles. The van der Waals surface area contributed by atoms with Crippen molar-refractivity contribution in [1.82, 2.24) is 15.5 Å². The van der Waals surface area contributed by atoms with Gasteiger partial charge in [0.15, 0.2) is 1.41 Å². The first-order valence-electron chi connectivity index (χ1n) is 12.2. The number of rotatable bonds is 5. The Morgan fingerprint density at radius 3 is 2.72 bits per heavy atom. The number of halogens is 3. The minimum atomic E-state index is -4.04. The molecule has 2 aliphatic heterocycles. The fourth-order valence-corrected chi connectivity index (χ4v) is 3.38. The number of benzene rings is 2.